The summed E-state index contributed by atoms with van der Waals surface area (Å²) in [6.45, 7) is 4.02. The van der Waals surface area contributed by atoms with Crippen molar-refractivity contribution < 1.29 is 9.59 Å². The summed E-state index contributed by atoms with van der Waals surface area (Å²) in [6.07, 6.45) is 0. The van der Waals surface area contributed by atoms with E-state index in [2.05, 4.69) is 15.9 Å². The van der Waals surface area contributed by atoms with Crippen molar-refractivity contribution in [3.8, 4) is 0 Å². The van der Waals surface area contributed by atoms with Crippen LogP contribution in [0.15, 0.2) is 42.5 Å². The van der Waals surface area contributed by atoms with Crippen LogP contribution in [0.25, 0.3) is 0 Å². The van der Waals surface area contributed by atoms with Crippen LogP contribution >= 0.6 is 15.9 Å². The summed E-state index contributed by atoms with van der Waals surface area (Å²) in [5, 5.41) is 0. The van der Waals surface area contributed by atoms with Gasteiger partial charge in [0.25, 0.3) is 0 Å². The SMILES string of the molecule is CC(C)(Br)c1ccc2c(c1)C(=O)c1ccccc1C2=O. The lowest BCUT2D eigenvalue weighted by Gasteiger charge is -2.22. The molecule has 0 amide bonds. The molecule has 0 atom stereocenters. The third kappa shape index (κ3) is 1.93. The van der Waals surface area contributed by atoms with Crippen LogP contribution in [0, 0.1) is 0 Å². The largest absolute Gasteiger partial charge is 0.289 e. The Bertz CT molecular complexity index is 739. The van der Waals surface area contributed by atoms with E-state index in [0.717, 1.165) is 5.56 Å². The molecule has 1 aliphatic carbocycles. The number of benzene rings is 2. The minimum absolute atomic E-state index is 0.0749. The molecule has 0 heterocycles. The van der Waals surface area contributed by atoms with E-state index in [4.69, 9.17) is 0 Å². The van der Waals surface area contributed by atoms with Crippen molar-refractivity contribution in [1.29, 1.82) is 0 Å². The van der Waals surface area contributed by atoms with Crippen molar-refractivity contribution in [2.45, 2.75) is 18.2 Å². The fourth-order valence-electron chi connectivity index (χ4n) is 2.47. The minimum atomic E-state index is -0.234. The van der Waals surface area contributed by atoms with Gasteiger partial charge in [0.1, 0.15) is 0 Å². The van der Waals surface area contributed by atoms with E-state index in [0.29, 0.717) is 22.3 Å². The van der Waals surface area contributed by atoms with Crippen molar-refractivity contribution in [3.63, 3.8) is 0 Å². The molecule has 0 aromatic heterocycles. The minimum Gasteiger partial charge on any atom is -0.289 e. The highest BCUT2D eigenvalue weighted by atomic mass is 79.9. The summed E-state index contributed by atoms with van der Waals surface area (Å²) in [7, 11) is 0. The molecule has 0 fully saturated rings. The molecule has 0 spiro atoms. The van der Waals surface area contributed by atoms with Crippen molar-refractivity contribution in [3.05, 3.63) is 70.3 Å². The van der Waals surface area contributed by atoms with Crippen molar-refractivity contribution in [1.82, 2.24) is 0 Å². The zero-order chi connectivity index (χ0) is 14.5. The van der Waals surface area contributed by atoms with Gasteiger partial charge in [-0.1, -0.05) is 46.3 Å². The average Bonchev–Trinajstić information content (AvgIpc) is 2.43. The zero-order valence-corrected chi connectivity index (χ0v) is 12.8. The smallest absolute Gasteiger partial charge is 0.194 e. The zero-order valence-electron chi connectivity index (χ0n) is 11.2. The topological polar surface area (TPSA) is 34.1 Å². The Morgan fingerprint density at radius 2 is 1.30 bits per heavy atom. The average molecular weight is 329 g/mol. The fraction of sp³-hybridized carbons (Fsp3) is 0.176. The molecule has 20 heavy (non-hydrogen) atoms. The predicted molar refractivity (Wildman–Crippen MR) is 81.7 cm³/mol. The molecule has 0 bridgehead atoms. The second-order valence-corrected chi connectivity index (χ2v) is 7.42. The molecule has 3 heteroatoms. The first-order valence-electron chi connectivity index (χ1n) is 6.41. The van der Waals surface area contributed by atoms with Crippen LogP contribution in [0.5, 0.6) is 0 Å². The maximum absolute atomic E-state index is 12.6. The Labute approximate surface area is 125 Å². The van der Waals surface area contributed by atoms with Crippen molar-refractivity contribution in [2.24, 2.45) is 0 Å². The molecule has 2 aromatic carbocycles. The first-order chi connectivity index (χ1) is 9.39. The van der Waals surface area contributed by atoms with Gasteiger partial charge in [-0.15, -0.1) is 0 Å². The molecule has 0 N–H and O–H groups in total. The molecule has 3 rings (SSSR count). The van der Waals surface area contributed by atoms with Crippen LogP contribution in [0.2, 0.25) is 0 Å². The Morgan fingerprint density at radius 3 is 1.85 bits per heavy atom. The highest BCUT2D eigenvalue weighted by Gasteiger charge is 2.30. The fourth-order valence-corrected chi connectivity index (χ4v) is 2.72. The number of alkyl halides is 1. The first-order valence-corrected chi connectivity index (χ1v) is 7.21. The van der Waals surface area contributed by atoms with E-state index >= 15 is 0 Å². The number of carbonyl (C=O) groups excluding carboxylic acids is 2. The lowest BCUT2D eigenvalue weighted by atomic mass is 9.82. The van der Waals surface area contributed by atoms with Crippen LogP contribution in [0.1, 0.15) is 51.3 Å². The highest BCUT2D eigenvalue weighted by Crippen LogP contribution is 2.34. The monoisotopic (exact) mass is 328 g/mol. The van der Waals surface area contributed by atoms with Gasteiger partial charge in [-0.05, 0) is 31.5 Å². The highest BCUT2D eigenvalue weighted by molar-refractivity contribution is 9.09. The molecule has 2 nitrogen and oxygen atoms in total. The standard InChI is InChI=1S/C17H13BrO2/c1-17(2,18)10-7-8-13-14(9-10)16(20)12-6-4-3-5-11(12)15(13)19/h3-9H,1-2H3. The van der Waals surface area contributed by atoms with E-state index in [9.17, 15) is 9.59 Å². The van der Waals surface area contributed by atoms with Gasteiger partial charge in [0, 0.05) is 26.6 Å². The van der Waals surface area contributed by atoms with Crippen molar-refractivity contribution in [2.75, 3.05) is 0 Å². The number of carbonyl (C=O) groups is 2. The lowest BCUT2D eigenvalue weighted by Crippen LogP contribution is -2.22. The Morgan fingerprint density at radius 1 is 0.800 bits per heavy atom. The Hall–Kier alpha value is -1.74. The van der Waals surface area contributed by atoms with Crippen LogP contribution in [0.3, 0.4) is 0 Å². The molecular weight excluding hydrogens is 316 g/mol. The Balaban J connectivity index is 2.24. The summed E-state index contributed by atoms with van der Waals surface area (Å²) in [4.78, 5) is 25.0. The van der Waals surface area contributed by atoms with Gasteiger partial charge in [-0.2, -0.15) is 0 Å². The van der Waals surface area contributed by atoms with E-state index in [1.165, 1.54) is 0 Å². The lowest BCUT2D eigenvalue weighted by molar-refractivity contribution is 0.0979. The van der Waals surface area contributed by atoms with Crippen LogP contribution in [-0.2, 0) is 4.32 Å². The van der Waals surface area contributed by atoms with E-state index in [1.54, 1.807) is 30.3 Å². The Kier molecular flexibility index (Phi) is 2.91. The molecule has 0 radical (unpaired) electrons. The third-order valence-corrected chi connectivity index (χ3v) is 4.07. The van der Waals surface area contributed by atoms with Gasteiger partial charge in [0.15, 0.2) is 11.6 Å². The van der Waals surface area contributed by atoms with Crippen LogP contribution in [0.4, 0.5) is 0 Å². The molecule has 0 unspecified atom stereocenters. The van der Waals surface area contributed by atoms with Gasteiger partial charge < -0.3 is 0 Å². The van der Waals surface area contributed by atoms with Crippen LogP contribution in [-0.4, -0.2) is 11.6 Å². The molecule has 2 aromatic rings. The maximum Gasteiger partial charge on any atom is 0.194 e. The van der Waals surface area contributed by atoms with E-state index in [1.807, 2.05) is 26.0 Å². The predicted octanol–water partition coefficient (Wildman–Crippen LogP) is 4.09. The number of rotatable bonds is 1. The van der Waals surface area contributed by atoms with Crippen molar-refractivity contribution >= 4 is 27.5 Å². The molecule has 0 aliphatic heterocycles. The molecular formula is C17H13BrO2. The summed E-state index contributed by atoms with van der Waals surface area (Å²) in [6, 6.07) is 12.5. The van der Waals surface area contributed by atoms with E-state index in [-0.39, 0.29) is 15.9 Å². The quantitative estimate of drug-likeness (QED) is 0.630. The van der Waals surface area contributed by atoms with Gasteiger partial charge in [-0.25, -0.2) is 0 Å². The van der Waals surface area contributed by atoms with Gasteiger partial charge >= 0.3 is 0 Å². The molecule has 1 aliphatic rings. The second-order valence-electron chi connectivity index (χ2n) is 5.44. The molecule has 100 valence electrons. The number of hydrogen-bond acceptors (Lipinski definition) is 2. The number of hydrogen-bond donors (Lipinski definition) is 0. The van der Waals surface area contributed by atoms with Crippen LogP contribution < -0.4 is 0 Å². The number of halogens is 1. The third-order valence-electron chi connectivity index (χ3n) is 3.61. The summed E-state index contributed by atoms with van der Waals surface area (Å²) < 4.78 is -0.234. The maximum atomic E-state index is 12.6. The molecule has 0 saturated heterocycles. The summed E-state index contributed by atoms with van der Waals surface area (Å²) in [5.41, 5.74) is 2.97. The summed E-state index contributed by atoms with van der Waals surface area (Å²) in [5.74, 6) is -0.150. The van der Waals surface area contributed by atoms with E-state index < -0.39 is 0 Å². The summed E-state index contributed by atoms with van der Waals surface area (Å²) >= 11 is 3.59. The van der Waals surface area contributed by atoms with Gasteiger partial charge in [0.05, 0.1) is 0 Å². The normalized spacial score (nSPS) is 13.9. The number of ketones is 2. The molecule has 0 saturated carbocycles. The number of fused-ring (bicyclic) bond motifs is 2. The first kappa shape index (κ1) is 13.3. The van der Waals surface area contributed by atoms with Gasteiger partial charge in [0.2, 0.25) is 0 Å². The van der Waals surface area contributed by atoms with Gasteiger partial charge in [-0.3, -0.25) is 9.59 Å². The second kappa shape index (κ2) is 4.38.